The number of fused-ring (bicyclic) bond motifs is 1. The number of aromatic nitrogens is 1. The summed E-state index contributed by atoms with van der Waals surface area (Å²) in [4.78, 5) is 20.6. The van der Waals surface area contributed by atoms with Crippen molar-refractivity contribution in [3.63, 3.8) is 0 Å². The number of rotatable bonds is 2. The van der Waals surface area contributed by atoms with E-state index >= 15 is 0 Å². The Balaban J connectivity index is 2.01. The molecule has 0 spiro atoms. The maximum Gasteiger partial charge on any atom is 0.442 e. The Morgan fingerprint density at radius 3 is 2.76 bits per heavy atom. The number of aliphatic imine (C=N–C) groups is 1. The minimum Gasteiger partial charge on any atom is -0.331 e. The standard InChI is InChI=1S/C11H8ClF3N4OS/c12-6-1-2-7(16-5-6)17-10(11(13,14)15)8(20)19-3-4-21-9(19)18-10/h1-2,5H,3-4H2,(H,16,17). The lowest BCUT2D eigenvalue weighted by Gasteiger charge is -2.29. The van der Waals surface area contributed by atoms with Crippen LogP contribution in [0.25, 0.3) is 0 Å². The molecule has 112 valence electrons. The molecule has 0 aromatic carbocycles. The van der Waals surface area contributed by atoms with Crippen molar-refractivity contribution in [2.75, 3.05) is 17.6 Å². The lowest BCUT2D eigenvalue weighted by atomic mass is 10.1. The van der Waals surface area contributed by atoms with Crippen LogP contribution in [-0.4, -0.2) is 45.1 Å². The number of thioether (sulfide) groups is 1. The molecule has 0 aliphatic carbocycles. The van der Waals surface area contributed by atoms with E-state index < -0.39 is 17.7 Å². The number of hydrogen-bond donors (Lipinski definition) is 1. The smallest absolute Gasteiger partial charge is 0.331 e. The predicted molar refractivity (Wildman–Crippen MR) is 73.3 cm³/mol. The fourth-order valence-corrected chi connectivity index (χ4v) is 3.14. The van der Waals surface area contributed by atoms with E-state index in [9.17, 15) is 18.0 Å². The second kappa shape index (κ2) is 4.77. The molecule has 3 rings (SSSR count). The van der Waals surface area contributed by atoms with E-state index in [-0.39, 0.29) is 22.6 Å². The fraction of sp³-hybridized carbons (Fsp3) is 0.364. The third-order valence-corrected chi connectivity index (χ3v) is 4.22. The summed E-state index contributed by atoms with van der Waals surface area (Å²) in [6, 6.07) is 2.64. The van der Waals surface area contributed by atoms with E-state index in [2.05, 4.69) is 15.3 Å². The van der Waals surface area contributed by atoms with Gasteiger partial charge in [0.15, 0.2) is 5.17 Å². The molecule has 2 aliphatic heterocycles. The summed E-state index contributed by atoms with van der Waals surface area (Å²) in [7, 11) is 0. The highest BCUT2D eigenvalue weighted by atomic mass is 35.5. The molecule has 1 fully saturated rings. The average Bonchev–Trinajstić information content (AvgIpc) is 2.95. The van der Waals surface area contributed by atoms with Crippen LogP contribution in [0.5, 0.6) is 0 Å². The first-order valence-electron chi connectivity index (χ1n) is 5.84. The third-order valence-electron chi connectivity index (χ3n) is 3.04. The molecule has 10 heteroatoms. The van der Waals surface area contributed by atoms with Crippen LogP contribution in [0.1, 0.15) is 0 Å². The number of halogens is 4. The summed E-state index contributed by atoms with van der Waals surface area (Å²) < 4.78 is 40.4. The molecule has 1 aromatic heterocycles. The molecular weight excluding hydrogens is 329 g/mol. The second-order valence-electron chi connectivity index (χ2n) is 4.39. The highest BCUT2D eigenvalue weighted by Crippen LogP contribution is 2.42. The van der Waals surface area contributed by atoms with Gasteiger partial charge in [-0.3, -0.25) is 9.69 Å². The number of carbonyl (C=O) groups excluding carboxylic acids is 1. The summed E-state index contributed by atoms with van der Waals surface area (Å²) in [5, 5.41) is 2.47. The van der Waals surface area contributed by atoms with Crippen molar-refractivity contribution >= 4 is 40.3 Å². The van der Waals surface area contributed by atoms with Gasteiger partial charge in [-0.05, 0) is 12.1 Å². The first kappa shape index (κ1) is 14.5. The van der Waals surface area contributed by atoms with Crippen molar-refractivity contribution in [3.8, 4) is 0 Å². The lowest BCUT2D eigenvalue weighted by Crippen LogP contribution is -2.57. The zero-order valence-electron chi connectivity index (χ0n) is 10.3. The normalized spacial score (nSPS) is 25.0. The Labute approximate surface area is 126 Å². The minimum atomic E-state index is -4.89. The minimum absolute atomic E-state index is 0.0822. The number of nitrogens with one attached hydrogen (secondary N) is 1. The SMILES string of the molecule is O=C1N2CCSC2=NC1(Nc1ccc(Cl)cn1)C(F)(F)F. The number of amidine groups is 1. The summed E-state index contributed by atoms with van der Waals surface area (Å²) in [6.07, 6.45) is -3.69. The van der Waals surface area contributed by atoms with Gasteiger partial charge in [0.2, 0.25) is 0 Å². The summed E-state index contributed by atoms with van der Waals surface area (Å²) in [5.74, 6) is -0.718. The summed E-state index contributed by atoms with van der Waals surface area (Å²) >= 11 is 6.76. The first-order valence-corrected chi connectivity index (χ1v) is 7.21. The molecule has 3 heterocycles. The van der Waals surface area contributed by atoms with Gasteiger partial charge in [0.05, 0.1) is 5.02 Å². The van der Waals surface area contributed by atoms with Crippen LogP contribution >= 0.6 is 23.4 Å². The highest BCUT2D eigenvalue weighted by Gasteiger charge is 2.67. The molecule has 1 atom stereocenters. The van der Waals surface area contributed by atoms with E-state index in [0.717, 1.165) is 16.7 Å². The topological polar surface area (TPSA) is 57.6 Å². The van der Waals surface area contributed by atoms with Crippen molar-refractivity contribution in [2.24, 2.45) is 4.99 Å². The second-order valence-corrected chi connectivity index (χ2v) is 5.89. The molecule has 2 aliphatic rings. The fourth-order valence-electron chi connectivity index (χ4n) is 2.04. The van der Waals surface area contributed by atoms with E-state index in [0.29, 0.717) is 5.75 Å². The van der Waals surface area contributed by atoms with Crippen LogP contribution in [0.2, 0.25) is 5.02 Å². The third kappa shape index (κ3) is 2.24. The van der Waals surface area contributed by atoms with Gasteiger partial charge in [-0.25, -0.2) is 9.98 Å². The molecule has 1 unspecified atom stereocenters. The summed E-state index contributed by atoms with van der Waals surface area (Å²) in [5.41, 5.74) is -3.02. The van der Waals surface area contributed by atoms with Gasteiger partial charge in [-0.1, -0.05) is 23.4 Å². The maximum atomic E-state index is 13.5. The van der Waals surface area contributed by atoms with Crippen LogP contribution in [0.15, 0.2) is 23.3 Å². The lowest BCUT2D eigenvalue weighted by molar-refractivity contribution is -0.185. The molecule has 21 heavy (non-hydrogen) atoms. The predicted octanol–water partition coefficient (Wildman–Crippen LogP) is 2.35. The maximum absolute atomic E-state index is 13.5. The first-order chi connectivity index (χ1) is 9.83. The molecule has 1 aromatic rings. The molecule has 1 N–H and O–H groups in total. The number of anilines is 1. The van der Waals surface area contributed by atoms with E-state index in [1.165, 1.54) is 18.3 Å². The number of hydrogen-bond acceptors (Lipinski definition) is 5. The van der Waals surface area contributed by atoms with Gasteiger partial charge in [0, 0.05) is 18.5 Å². The van der Waals surface area contributed by atoms with Crippen LogP contribution in [-0.2, 0) is 4.79 Å². The Morgan fingerprint density at radius 1 is 1.43 bits per heavy atom. The number of pyridine rings is 1. The van der Waals surface area contributed by atoms with E-state index in [4.69, 9.17) is 11.6 Å². The zero-order chi connectivity index (χ0) is 15.3. The Hall–Kier alpha value is -1.48. The van der Waals surface area contributed by atoms with Gasteiger partial charge in [-0.2, -0.15) is 13.2 Å². The highest BCUT2D eigenvalue weighted by molar-refractivity contribution is 8.14. The van der Waals surface area contributed by atoms with Gasteiger partial charge in [0.1, 0.15) is 5.82 Å². The van der Waals surface area contributed by atoms with Crippen LogP contribution in [0.3, 0.4) is 0 Å². The molecular formula is C11H8ClF3N4OS. The van der Waals surface area contributed by atoms with E-state index in [1.54, 1.807) is 0 Å². The number of amides is 1. The molecule has 0 bridgehead atoms. The number of carbonyl (C=O) groups is 1. The van der Waals surface area contributed by atoms with Gasteiger partial charge in [0.25, 0.3) is 5.91 Å². The number of alkyl halides is 3. The molecule has 1 amide bonds. The van der Waals surface area contributed by atoms with Crippen LogP contribution in [0, 0.1) is 0 Å². The summed E-state index contributed by atoms with van der Waals surface area (Å²) in [6.45, 7) is 0.218. The Kier molecular flexibility index (Phi) is 3.28. The quantitative estimate of drug-likeness (QED) is 0.900. The Morgan fingerprint density at radius 2 is 2.19 bits per heavy atom. The number of nitrogens with zero attached hydrogens (tertiary/aromatic N) is 3. The monoisotopic (exact) mass is 336 g/mol. The van der Waals surface area contributed by atoms with Crippen LogP contribution in [0.4, 0.5) is 19.0 Å². The largest absolute Gasteiger partial charge is 0.442 e. The van der Waals surface area contributed by atoms with Gasteiger partial charge >= 0.3 is 11.8 Å². The van der Waals surface area contributed by atoms with Crippen LogP contribution < -0.4 is 5.32 Å². The van der Waals surface area contributed by atoms with Crippen molar-refractivity contribution < 1.29 is 18.0 Å². The van der Waals surface area contributed by atoms with E-state index in [1.807, 2.05) is 0 Å². The molecule has 0 saturated carbocycles. The molecule has 1 saturated heterocycles. The Bertz CT molecular complexity index is 621. The molecule has 5 nitrogen and oxygen atoms in total. The molecule has 0 radical (unpaired) electrons. The van der Waals surface area contributed by atoms with Gasteiger partial charge in [-0.15, -0.1) is 0 Å². The van der Waals surface area contributed by atoms with Crippen molar-refractivity contribution in [2.45, 2.75) is 11.8 Å². The zero-order valence-corrected chi connectivity index (χ0v) is 11.9. The average molecular weight is 337 g/mol. The van der Waals surface area contributed by atoms with Crippen molar-refractivity contribution in [1.29, 1.82) is 0 Å². The van der Waals surface area contributed by atoms with Crippen molar-refractivity contribution in [1.82, 2.24) is 9.88 Å². The van der Waals surface area contributed by atoms with Gasteiger partial charge < -0.3 is 5.32 Å². The van der Waals surface area contributed by atoms with Crippen molar-refractivity contribution in [3.05, 3.63) is 23.4 Å².